The number of rotatable bonds is 4. The maximum absolute atomic E-state index is 12.6. The van der Waals surface area contributed by atoms with Crippen molar-refractivity contribution in [3.8, 4) is 5.75 Å². The predicted molar refractivity (Wildman–Crippen MR) is 95.7 cm³/mol. The molecule has 0 aromatic heterocycles. The Kier molecular flexibility index (Phi) is 4.31. The van der Waals surface area contributed by atoms with Crippen molar-refractivity contribution in [2.24, 2.45) is 0 Å². The monoisotopic (exact) mass is 341 g/mol. The molecule has 1 aliphatic heterocycles. The minimum Gasteiger partial charge on any atom is -0.497 e. The molecule has 1 heterocycles. The third-order valence-corrected chi connectivity index (χ3v) is 4.76. The molecule has 2 aromatic rings. The standard InChI is InChI=1S/C20H23NO4/c1-19(2)20(3,4)25-21(24-19)16-10-6-14(7-11-16)18(22)15-8-12-17(23-5)13-9-15/h6-13H,1-5H3. The van der Waals surface area contributed by atoms with Crippen LogP contribution in [0.1, 0.15) is 43.6 Å². The van der Waals surface area contributed by atoms with E-state index in [0.717, 1.165) is 11.4 Å². The summed E-state index contributed by atoms with van der Waals surface area (Å²) in [6.07, 6.45) is 0. The minimum atomic E-state index is -0.454. The number of anilines is 1. The quantitative estimate of drug-likeness (QED) is 0.781. The highest BCUT2D eigenvalue weighted by molar-refractivity contribution is 6.09. The van der Waals surface area contributed by atoms with Gasteiger partial charge in [0.25, 0.3) is 0 Å². The lowest BCUT2D eigenvalue weighted by Crippen LogP contribution is -2.41. The van der Waals surface area contributed by atoms with Crippen LogP contribution in [-0.4, -0.2) is 24.1 Å². The first-order valence-corrected chi connectivity index (χ1v) is 8.21. The summed E-state index contributed by atoms with van der Waals surface area (Å²) < 4.78 is 5.12. The Bertz CT molecular complexity index is 747. The van der Waals surface area contributed by atoms with Gasteiger partial charge in [-0.05, 0) is 76.2 Å². The maximum atomic E-state index is 12.6. The molecule has 0 bridgehead atoms. The van der Waals surface area contributed by atoms with Gasteiger partial charge in [0.2, 0.25) is 0 Å². The highest BCUT2D eigenvalue weighted by Gasteiger charge is 2.50. The Morgan fingerprint density at radius 2 is 1.28 bits per heavy atom. The average Bonchev–Trinajstić information content (AvgIpc) is 2.82. The number of carbonyl (C=O) groups is 1. The fraction of sp³-hybridized carbons (Fsp3) is 0.350. The number of hydrogen-bond donors (Lipinski definition) is 0. The molecule has 1 saturated heterocycles. The average molecular weight is 341 g/mol. The zero-order valence-electron chi connectivity index (χ0n) is 15.2. The highest BCUT2D eigenvalue weighted by atomic mass is 17.0. The summed E-state index contributed by atoms with van der Waals surface area (Å²) in [5, 5.41) is 1.42. The molecule has 25 heavy (non-hydrogen) atoms. The number of hydrogen-bond acceptors (Lipinski definition) is 5. The Morgan fingerprint density at radius 1 is 0.840 bits per heavy atom. The molecule has 1 fully saturated rings. The lowest BCUT2D eigenvalue weighted by molar-refractivity contribution is -0.0273. The molecule has 5 nitrogen and oxygen atoms in total. The molecule has 0 spiro atoms. The van der Waals surface area contributed by atoms with Crippen LogP contribution in [0.4, 0.5) is 5.69 Å². The molecule has 0 unspecified atom stereocenters. The Morgan fingerprint density at radius 3 is 1.72 bits per heavy atom. The van der Waals surface area contributed by atoms with E-state index in [1.165, 1.54) is 5.23 Å². The van der Waals surface area contributed by atoms with E-state index in [2.05, 4.69) is 0 Å². The zero-order chi connectivity index (χ0) is 18.2. The predicted octanol–water partition coefficient (Wildman–Crippen LogP) is 4.17. The third-order valence-electron chi connectivity index (χ3n) is 4.76. The van der Waals surface area contributed by atoms with Crippen LogP contribution in [-0.2, 0) is 9.68 Å². The van der Waals surface area contributed by atoms with Crippen LogP contribution in [0.3, 0.4) is 0 Å². The summed E-state index contributed by atoms with van der Waals surface area (Å²) in [5.41, 5.74) is 1.05. The number of benzene rings is 2. The van der Waals surface area contributed by atoms with Crippen molar-refractivity contribution < 1.29 is 19.2 Å². The van der Waals surface area contributed by atoms with Crippen molar-refractivity contribution in [2.45, 2.75) is 38.9 Å². The van der Waals surface area contributed by atoms with Gasteiger partial charge in [0.15, 0.2) is 5.78 Å². The van der Waals surface area contributed by atoms with Crippen LogP contribution < -0.4 is 9.96 Å². The second-order valence-electron chi connectivity index (χ2n) is 7.06. The van der Waals surface area contributed by atoms with Crippen LogP contribution in [0.25, 0.3) is 0 Å². The summed E-state index contributed by atoms with van der Waals surface area (Å²) >= 11 is 0. The normalized spacial score (nSPS) is 18.2. The highest BCUT2D eigenvalue weighted by Crippen LogP contribution is 2.39. The van der Waals surface area contributed by atoms with Crippen molar-refractivity contribution >= 4 is 11.5 Å². The maximum Gasteiger partial charge on any atom is 0.193 e. The molecule has 0 amide bonds. The fourth-order valence-corrected chi connectivity index (χ4v) is 2.40. The van der Waals surface area contributed by atoms with Crippen molar-refractivity contribution in [2.75, 3.05) is 12.3 Å². The zero-order valence-corrected chi connectivity index (χ0v) is 15.2. The molecule has 2 aromatic carbocycles. The summed E-state index contributed by atoms with van der Waals surface area (Å²) in [7, 11) is 1.60. The van der Waals surface area contributed by atoms with Crippen LogP contribution >= 0.6 is 0 Å². The summed E-state index contributed by atoms with van der Waals surface area (Å²) in [4.78, 5) is 24.3. The van der Waals surface area contributed by atoms with E-state index in [4.69, 9.17) is 14.4 Å². The van der Waals surface area contributed by atoms with Crippen LogP contribution in [0, 0.1) is 0 Å². The molecular formula is C20H23NO4. The van der Waals surface area contributed by atoms with E-state index in [1.807, 2.05) is 39.8 Å². The van der Waals surface area contributed by atoms with Gasteiger partial charge in [0.1, 0.15) is 17.0 Å². The molecule has 0 radical (unpaired) electrons. The number of ether oxygens (including phenoxy) is 1. The smallest absolute Gasteiger partial charge is 0.193 e. The van der Waals surface area contributed by atoms with E-state index in [-0.39, 0.29) is 5.78 Å². The summed E-state index contributed by atoms with van der Waals surface area (Å²) in [6.45, 7) is 7.92. The Hall–Kier alpha value is -2.37. The van der Waals surface area contributed by atoms with E-state index in [1.54, 1.807) is 43.5 Å². The van der Waals surface area contributed by atoms with Gasteiger partial charge in [-0.1, -0.05) is 0 Å². The van der Waals surface area contributed by atoms with Gasteiger partial charge in [-0.25, -0.2) is 9.68 Å². The number of nitrogens with zero attached hydrogens (tertiary/aromatic N) is 1. The van der Waals surface area contributed by atoms with Crippen molar-refractivity contribution in [1.82, 2.24) is 0 Å². The molecule has 0 N–H and O–H groups in total. The molecule has 0 saturated carbocycles. The number of carbonyl (C=O) groups excluding carboxylic acids is 1. The second kappa shape index (κ2) is 6.17. The van der Waals surface area contributed by atoms with Crippen LogP contribution in [0.5, 0.6) is 5.75 Å². The van der Waals surface area contributed by atoms with Crippen molar-refractivity contribution in [3.05, 3.63) is 59.7 Å². The molecular weight excluding hydrogens is 318 g/mol. The van der Waals surface area contributed by atoms with Gasteiger partial charge in [0, 0.05) is 11.1 Å². The molecule has 132 valence electrons. The van der Waals surface area contributed by atoms with Gasteiger partial charge in [-0.3, -0.25) is 4.79 Å². The van der Waals surface area contributed by atoms with Crippen LogP contribution in [0.15, 0.2) is 48.5 Å². The first kappa shape index (κ1) is 17.5. The lowest BCUT2D eigenvalue weighted by Gasteiger charge is -2.26. The van der Waals surface area contributed by atoms with E-state index in [0.29, 0.717) is 11.1 Å². The summed E-state index contributed by atoms with van der Waals surface area (Å²) in [5.74, 6) is 0.679. The Labute approximate surface area is 148 Å². The number of methoxy groups -OCH3 is 1. The van der Waals surface area contributed by atoms with Gasteiger partial charge < -0.3 is 4.74 Å². The second-order valence-corrected chi connectivity index (χ2v) is 7.06. The van der Waals surface area contributed by atoms with Gasteiger partial charge >= 0.3 is 0 Å². The molecule has 0 atom stereocenters. The van der Waals surface area contributed by atoms with Crippen LogP contribution in [0.2, 0.25) is 0 Å². The van der Waals surface area contributed by atoms with Gasteiger partial charge in [-0.15, -0.1) is 5.23 Å². The van der Waals surface area contributed by atoms with E-state index in [9.17, 15) is 4.79 Å². The third kappa shape index (κ3) is 3.25. The van der Waals surface area contributed by atoms with Crippen molar-refractivity contribution in [1.29, 1.82) is 0 Å². The SMILES string of the molecule is COc1ccc(C(=O)c2ccc(N3OC(C)(C)C(C)(C)O3)cc2)cc1. The molecule has 1 aliphatic rings. The van der Waals surface area contributed by atoms with Gasteiger partial charge in [0.05, 0.1) is 12.8 Å². The summed E-state index contributed by atoms with van der Waals surface area (Å²) in [6, 6.07) is 14.2. The van der Waals surface area contributed by atoms with E-state index >= 15 is 0 Å². The number of ketones is 1. The molecule has 3 rings (SSSR count). The van der Waals surface area contributed by atoms with Gasteiger partial charge in [-0.2, -0.15) is 0 Å². The first-order chi connectivity index (χ1) is 11.7. The topological polar surface area (TPSA) is 48.0 Å². The minimum absolute atomic E-state index is 0.0434. The fourth-order valence-electron chi connectivity index (χ4n) is 2.40. The lowest BCUT2D eigenvalue weighted by atomic mass is 9.90. The first-order valence-electron chi connectivity index (χ1n) is 8.21. The molecule has 0 aliphatic carbocycles. The van der Waals surface area contributed by atoms with Crippen molar-refractivity contribution in [3.63, 3.8) is 0 Å². The Balaban J connectivity index is 1.77. The van der Waals surface area contributed by atoms with E-state index < -0.39 is 11.2 Å². The largest absolute Gasteiger partial charge is 0.497 e. The molecule has 5 heteroatoms.